The molecule has 2 heterocycles. The van der Waals surface area contributed by atoms with Crippen molar-refractivity contribution < 1.29 is 9.21 Å². The average Bonchev–Trinajstić information content (AvgIpc) is 2.96. The maximum absolute atomic E-state index is 11.9. The summed E-state index contributed by atoms with van der Waals surface area (Å²) < 4.78 is 5.70. The van der Waals surface area contributed by atoms with Crippen LogP contribution in [0.15, 0.2) is 45.6 Å². The lowest BCUT2D eigenvalue weighted by Gasteiger charge is -2.02. The average molecular weight is 306 g/mol. The SMILES string of the molecule is O=C(Nc1ccc2[nH]ncc2c1)c1ccc(Br)o1. The van der Waals surface area contributed by atoms with Crippen LogP contribution in [0.2, 0.25) is 0 Å². The second-order valence-electron chi connectivity index (χ2n) is 3.73. The van der Waals surface area contributed by atoms with Crippen LogP contribution in [-0.2, 0) is 0 Å². The standard InChI is InChI=1S/C12H8BrN3O2/c13-11-4-3-10(18-11)12(17)15-8-1-2-9-7(5-8)6-14-16-9/h1-6H,(H,14,16)(H,15,17). The summed E-state index contributed by atoms with van der Waals surface area (Å²) in [7, 11) is 0. The zero-order chi connectivity index (χ0) is 12.5. The Morgan fingerprint density at radius 2 is 2.22 bits per heavy atom. The number of hydrogen-bond donors (Lipinski definition) is 2. The minimum Gasteiger partial charge on any atom is -0.444 e. The number of fused-ring (bicyclic) bond motifs is 1. The van der Waals surface area contributed by atoms with Crippen LogP contribution in [0.1, 0.15) is 10.6 Å². The first kappa shape index (κ1) is 11.0. The van der Waals surface area contributed by atoms with Gasteiger partial charge in [-0.2, -0.15) is 5.10 Å². The van der Waals surface area contributed by atoms with E-state index in [-0.39, 0.29) is 11.7 Å². The van der Waals surface area contributed by atoms with Gasteiger partial charge in [0, 0.05) is 11.1 Å². The predicted molar refractivity (Wildman–Crippen MR) is 70.5 cm³/mol. The Labute approximate surface area is 110 Å². The van der Waals surface area contributed by atoms with Crippen molar-refractivity contribution in [3.8, 4) is 0 Å². The summed E-state index contributed by atoms with van der Waals surface area (Å²) in [5.41, 5.74) is 1.62. The smallest absolute Gasteiger partial charge is 0.291 e. The monoisotopic (exact) mass is 305 g/mol. The molecule has 0 atom stereocenters. The number of furan rings is 1. The van der Waals surface area contributed by atoms with Gasteiger partial charge in [-0.05, 0) is 46.3 Å². The number of benzene rings is 1. The highest BCUT2D eigenvalue weighted by Gasteiger charge is 2.10. The quantitative estimate of drug-likeness (QED) is 0.764. The first-order chi connectivity index (χ1) is 8.72. The molecule has 0 aliphatic carbocycles. The zero-order valence-electron chi connectivity index (χ0n) is 9.11. The van der Waals surface area contributed by atoms with Crippen LogP contribution in [0.25, 0.3) is 10.9 Å². The van der Waals surface area contributed by atoms with Gasteiger partial charge in [-0.1, -0.05) is 0 Å². The van der Waals surface area contributed by atoms with Crippen molar-refractivity contribution in [3.05, 3.63) is 47.0 Å². The van der Waals surface area contributed by atoms with Gasteiger partial charge in [0.2, 0.25) is 0 Å². The molecule has 0 aliphatic heterocycles. The van der Waals surface area contributed by atoms with Gasteiger partial charge in [-0.15, -0.1) is 0 Å². The van der Waals surface area contributed by atoms with Crippen LogP contribution in [0, 0.1) is 0 Å². The Morgan fingerprint density at radius 3 is 3.00 bits per heavy atom. The fourth-order valence-corrected chi connectivity index (χ4v) is 1.96. The number of halogens is 1. The molecule has 0 saturated heterocycles. The van der Waals surface area contributed by atoms with E-state index in [1.807, 2.05) is 12.1 Å². The van der Waals surface area contributed by atoms with E-state index in [1.54, 1.807) is 24.4 Å². The lowest BCUT2D eigenvalue weighted by Crippen LogP contribution is -2.10. The Morgan fingerprint density at radius 1 is 1.33 bits per heavy atom. The maximum Gasteiger partial charge on any atom is 0.291 e. The first-order valence-electron chi connectivity index (χ1n) is 5.22. The van der Waals surface area contributed by atoms with E-state index in [1.165, 1.54) is 0 Å². The molecule has 0 unspecified atom stereocenters. The highest BCUT2D eigenvalue weighted by Crippen LogP contribution is 2.19. The van der Waals surface area contributed by atoms with Crippen molar-refractivity contribution in [2.75, 3.05) is 5.32 Å². The highest BCUT2D eigenvalue weighted by atomic mass is 79.9. The van der Waals surface area contributed by atoms with Crippen molar-refractivity contribution in [3.63, 3.8) is 0 Å². The fourth-order valence-electron chi connectivity index (χ4n) is 1.65. The Kier molecular flexibility index (Phi) is 2.64. The van der Waals surface area contributed by atoms with Crippen molar-refractivity contribution in [2.45, 2.75) is 0 Å². The summed E-state index contributed by atoms with van der Waals surface area (Å²) in [5, 5.41) is 10.5. The van der Waals surface area contributed by atoms with E-state index in [0.29, 0.717) is 10.4 Å². The van der Waals surface area contributed by atoms with Crippen LogP contribution >= 0.6 is 15.9 Å². The molecule has 0 aliphatic rings. The fraction of sp³-hybridized carbons (Fsp3) is 0. The van der Waals surface area contributed by atoms with E-state index in [2.05, 4.69) is 31.4 Å². The number of anilines is 1. The van der Waals surface area contributed by atoms with Gasteiger partial charge in [0.05, 0.1) is 11.7 Å². The molecule has 90 valence electrons. The summed E-state index contributed by atoms with van der Waals surface area (Å²) in [6, 6.07) is 8.78. The molecule has 2 aromatic heterocycles. The molecule has 1 amide bonds. The second-order valence-corrected chi connectivity index (χ2v) is 4.51. The summed E-state index contributed by atoms with van der Waals surface area (Å²) in [4.78, 5) is 11.9. The molecular formula is C12H8BrN3O2. The number of carbonyl (C=O) groups is 1. The first-order valence-corrected chi connectivity index (χ1v) is 6.01. The Hall–Kier alpha value is -2.08. The van der Waals surface area contributed by atoms with Gasteiger partial charge in [0.25, 0.3) is 5.91 Å². The van der Waals surface area contributed by atoms with Gasteiger partial charge in [0.15, 0.2) is 10.4 Å². The number of nitrogens with zero attached hydrogens (tertiary/aromatic N) is 1. The number of H-pyrrole nitrogens is 1. The molecule has 1 aromatic carbocycles. The lowest BCUT2D eigenvalue weighted by molar-refractivity contribution is 0.0995. The number of hydrogen-bond acceptors (Lipinski definition) is 3. The molecule has 3 aromatic rings. The van der Waals surface area contributed by atoms with Crippen LogP contribution < -0.4 is 5.32 Å². The number of nitrogens with one attached hydrogen (secondary N) is 2. The minimum atomic E-state index is -0.288. The molecule has 3 rings (SSSR count). The second kappa shape index (κ2) is 4.30. The number of carbonyl (C=O) groups excluding carboxylic acids is 1. The van der Waals surface area contributed by atoms with E-state index in [4.69, 9.17) is 4.42 Å². The molecule has 0 bridgehead atoms. The molecule has 6 heteroatoms. The van der Waals surface area contributed by atoms with Gasteiger partial charge in [-0.25, -0.2) is 0 Å². The largest absolute Gasteiger partial charge is 0.444 e. The van der Waals surface area contributed by atoms with Crippen LogP contribution in [0.5, 0.6) is 0 Å². The van der Waals surface area contributed by atoms with E-state index in [9.17, 15) is 4.79 Å². The molecule has 0 radical (unpaired) electrons. The summed E-state index contributed by atoms with van der Waals surface area (Å²) >= 11 is 3.15. The molecule has 0 saturated carbocycles. The van der Waals surface area contributed by atoms with Crippen LogP contribution in [-0.4, -0.2) is 16.1 Å². The van der Waals surface area contributed by atoms with Crippen molar-refractivity contribution in [1.29, 1.82) is 0 Å². The molecular weight excluding hydrogens is 298 g/mol. The number of aromatic nitrogens is 2. The van der Waals surface area contributed by atoms with E-state index >= 15 is 0 Å². The predicted octanol–water partition coefficient (Wildman–Crippen LogP) is 3.17. The highest BCUT2D eigenvalue weighted by molar-refractivity contribution is 9.10. The molecule has 2 N–H and O–H groups in total. The molecule has 5 nitrogen and oxygen atoms in total. The lowest BCUT2D eigenvalue weighted by atomic mass is 10.2. The van der Waals surface area contributed by atoms with E-state index < -0.39 is 0 Å². The van der Waals surface area contributed by atoms with Crippen LogP contribution in [0.3, 0.4) is 0 Å². The summed E-state index contributed by atoms with van der Waals surface area (Å²) in [6.07, 6.45) is 1.70. The van der Waals surface area contributed by atoms with Crippen molar-refractivity contribution in [2.24, 2.45) is 0 Å². The van der Waals surface area contributed by atoms with E-state index in [0.717, 1.165) is 10.9 Å². The number of amides is 1. The minimum absolute atomic E-state index is 0.258. The maximum atomic E-state index is 11.9. The Balaban J connectivity index is 1.85. The third-order valence-electron chi connectivity index (χ3n) is 2.50. The molecule has 18 heavy (non-hydrogen) atoms. The normalized spacial score (nSPS) is 10.7. The van der Waals surface area contributed by atoms with Gasteiger partial charge >= 0.3 is 0 Å². The zero-order valence-corrected chi connectivity index (χ0v) is 10.7. The molecule has 0 spiro atoms. The third kappa shape index (κ3) is 2.02. The topological polar surface area (TPSA) is 70.9 Å². The molecule has 0 fully saturated rings. The summed E-state index contributed by atoms with van der Waals surface area (Å²) in [6.45, 7) is 0. The van der Waals surface area contributed by atoms with Crippen LogP contribution in [0.4, 0.5) is 5.69 Å². The third-order valence-corrected chi connectivity index (χ3v) is 2.92. The van der Waals surface area contributed by atoms with Gasteiger partial charge in [-0.3, -0.25) is 9.89 Å². The Bertz CT molecular complexity index is 717. The van der Waals surface area contributed by atoms with Crippen molar-refractivity contribution >= 4 is 38.4 Å². The number of aromatic amines is 1. The number of rotatable bonds is 2. The van der Waals surface area contributed by atoms with Crippen molar-refractivity contribution in [1.82, 2.24) is 10.2 Å². The van der Waals surface area contributed by atoms with Gasteiger partial charge < -0.3 is 9.73 Å². The summed E-state index contributed by atoms with van der Waals surface area (Å²) in [5.74, 6) is -0.0299. The van der Waals surface area contributed by atoms with Gasteiger partial charge in [0.1, 0.15) is 0 Å².